The maximum absolute atomic E-state index is 12.3. The average molecular weight is 569 g/mol. The second kappa shape index (κ2) is 10.3. The lowest BCUT2D eigenvalue weighted by atomic mass is 9.90. The standard InChI is InChI=1S/C26H24IN3O4/c1-3-28-15-5-9-19-22(12-15)34-23-13-16(29-4-2)6-10-20(23)25(19)18-8-7-17(30-24(31)14-27)11-21(18)26(32)33/h5-13,28H,3-4,14H2,1-2H3,(H,30,31)(H,32,33). The molecule has 1 amide bonds. The number of fused-ring (bicyclic) bond motifs is 2. The van der Waals surface area contributed by atoms with Crippen LogP contribution >= 0.6 is 22.6 Å². The van der Waals surface area contributed by atoms with Crippen LogP contribution in [0.5, 0.6) is 0 Å². The van der Waals surface area contributed by atoms with Gasteiger partial charge in [0.25, 0.3) is 0 Å². The lowest BCUT2D eigenvalue weighted by Gasteiger charge is -2.18. The lowest BCUT2D eigenvalue weighted by Crippen LogP contribution is -2.13. The Labute approximate surface area is 210 Å². The van der Waals surface area contributed by atoms with E-state index < -0.39 is 5.97 Å². The van der Waals surface area contributed by atoms with Crippen molar-refractivity contribution < 1.29 is 19.1 Å². The number of carbonyl (C=O) groups is 2. The van der Waals surface area contributed by atoms with Crippen molar-refractivity contribution in [2.24, 2.45) is 4.99 Å². The van der Waals surface area contributed by atoms with E-state index in [0.29, 0.717) is 29.1 Å². The van der Waals surface area contributed by atoms with Crippen molar-refractivity contribution in [3.05, 3.63) is 65.5 Å². The summed E-state index contributed by atoms with van der Waals surface area (Å²) in [7, 11) is 0. The first-order chi connectivity index (χ1) is 16.4. The molecule has 0 saturated carbocycles. The zero-order chi connectivity index (χ0) is 24.2. The van der Waals surface area contributed by atoms with E-state index in [1.807, 2.05) is 72.8 Å². The molecule has 34 heavy (non-hydrogen) atoms. The number of aromatic carboxylic acids is 1. The van der Waals surface area contributed by atoms with Crippen LogP contribution in [0.1, 0.15) is 24.2 Å². The number of anilines is 2. The lowest BCUT2D eigenvalue weighted by molar-refractivity contribution is -0.113. The van der Waals surface area contributed by atoms with Crippen molar-refractivity contribution >= 4 is 56.8 Å². The van der Waals surface area contributed by atoms with Gasteiger partial charge in [0.15, 0.2) is 0 Å². The molecule has 0 spiro atoms. The maximum Gasteiger partial charge on any atom is 0.336 e. The highest BCUT2D eigenvalue weighted by molar-refractivity contribution is 14.1. The number of rotatable bonds is 7. The number of carbonyl (C=O) groups excluding carboxylic acids is 1. The molecule has 4 rings (SSSR count). The van der Waals surface area contributed by atoms with Gasteiger partial charge < -0.3 is 20.2 Å². The number of amides is 1. The van der Waals surface area contributed by atoms with Gasteiger partial charge in [-0.05, 0) is 55.8 Å². The molecule has 0 aromatic heterocycles. The van der Waals surface area contributed by atoms with E-state index in [2.05, 4.69) is 15.6 Å². The molecular weight excluding hydrogens is 545 g/mol. The minimum atomic E-state index is -1.08. The number of hydrogen-bond acceptors (Lipinski definition) is 5. The smallest absolute Gasteiger partial charge is 0.336 e. The SMILES string of the molecule is CCN=c1ccc2c(-c3ccc(NC(=O)CI)cc3C(=O)O)c3ccc(NCC)cc3oc-2c1. The first kappa shape index (κ1) is 23.7. The summed E-state index contributed by atoms with van der Waals surface area (Å²) in [5.74, 6) is -0.656. The molecule has 0 unspecified atom stereocenters. The third-order valence-electron chi connectivity index (χ3n) is 5.35. The highest BCUT2D eigenvalue weighted by Crippen LogP contribution is 2.42. The van der Waals surface area contributed by atoms with E-state index in [0.717, 1.165) is 34.1 Å². The van der Waals surface area contributed by atoms with E-state index in [1.54, 1.807) is 12.1 Å². The van der Waals surface area contributed by atoms with E-state index in [9.17, 15) is 14.7 Å². The molecule has 3 N–H and O–H groups in total. The Morgan fingerprint density at radius 2 is 1.76 bits per heavy atom. The number of hydrogen-bond donors (Lipinski definition) is 3. The number of nitrogens with one attached hydrogen (secondary N) is 2. The Bertz CT molecular complexity index is 1430. The predicted molar refractivity (Wildman–Crippen MR) is 143 cm³/mol. The fraction of sp³-hybridized carbons (Fsp3) is 0.192. The van der Waals surface area contributed by atoms with Crippen LogP contribution in [0.3, 0.4) is 0 Å². The van der Waals surface area contributed by atoms with E-state index in [1.165, 1.54) is 6.07 Å². The minimum absolute atomic E-state index is 0.0955. The number of carboxylic acid groups (broad SMARTS) is 1. The van der Waals surface area contributed by atoms with Crippen LogP contribution in [0.25, 0.3) is 33.4 Å². The molecule has 0 fully saturated rings. The van der Waals surface area contributed by atoms with E-state index >= 15 is 0 Å². The molecule has 174 valence electrons. The summed E-state index contributed by atoms with van der Waals surface area (Å²) >= 11 is 1.96. The Morgan fingerprint density at radius 1 is 1.00 bits per heavy atom. The molecule has 2 aromatic rings. The molecule has 0 bridgehead atoms. The number of nitrogens with zero attached hydrogens (tertiary/aromatic N) is 1. The van der Waals surface area contributed by atoms with Crippen molar-refractivity contribution in [2.75, 3.05) is 28.2 Å². The van der Waals surface area contributed by atoms with E-state index in [4.69, 9.17) is 4.42 Å². The van der Waals surface area contributed by atoms with E-state index in [-0.39, 0.29) is 15.9 Å². The van der Waals surface area contributed by atoms with Gasteiger partial charge in [-0.15, -0.1) is 0 Å². The molecule has 0 saturated heterocycles. The molecule has 0 atom stereocenters. The van der Waals surface area contributed by atoms with Gasteiger partial charge >= 0.3 is 5.97 Å². The Balaban J connectivity index is 2.04. The van der Waals surface area contributed by atoms with Crippen molar-refractivity contribution in [3.8, 4) is 22.5 Å². The van der Waals surface area contributed by atoms with Crippen LogP contribution in [0.2, 0.25) is 0 Å². The zero-order valence-corrected chi connectivity index (χ0v) is 21.0. The summed E-state index contributed by atoms with van der Waals surface area (Å²) in [6.07, 6.45) is 0. The van der Waals surface area contributed by atoms with Gasteiger partial charge in [-0.25, -0.2) is 4.79 Å². The maximum atomic E-state index is 12.3. The van der Waals surface area contributed by atoms with Crippen LogP contribution < -0.4 is 16.0 Å². The van der Waals surface area contributed by atoms with Crippen molar-refractivity contribution in [1.29, 1.82) is 0 Å². The molecule has 7 nitrogen and oxygen atoms in total. The molecular formula is C26H24IN3O4. The number of halogens is 1. The zero-order valence-electron chi connectivity index (χ0n) is 18.8. The minimum Gasteiger partial charge on any atom is -0.478 e. The average Bonchev–Trinajstić information content (AvgIpc) is 2.83. The van der Waals surface area contributed by atoms with Gasteiger partial charge in [-0.2, -0.15) is 0 Å². The van der Waals surface area contributed by atoms with Crippen LogP contribution in [0, 0.1) is 0 Å². The van der Waals surface area contributed by atoms with Gasteiger partial charge in [-0.1, -0.05) is 28.7 Å². The molecule has 2 aliphatic rings. The molecule has 1 heterocycles. The van der Waals surface area contributed by atoms with Gasteiger partial charge in [0.05, 0.1) is 15.3 Å². The first-order valence-electron chi connectivity index (χ1n) is 10.9. The number of carboxylic acids is 1. The van der Waals surface area contributed by atoms with Gasteiger partial charge in [0.2, 0.25) is 5.91 Å². The number of alkyl halides is 1. The van der Waals surface area contributed by atoms with Crippen molar-refractivity contribution in [3.63, 3.8) is 0 Å². The third-order valence-corrected chi connectivity index (χ3v) is 6.04. The monoisotopic (exact) mass is 569 g/mol. The van der Waals surface area contributed by atoms with Crippen LogP contribution in [-0.4, -0.2) is 34.5 Å². The Morgan fingerprint density at radius 3 is 2.47 bits per heavy atom. The topological polar surface area (TPSA) is 104 Å². The van der Waals surface area contributed by atoms with Gasteiger partial charge in [0, 0.05) is 53.1 Å². The highest BCUT2D eigenvalue weighted by Gasteiger charge is 2.22. The van der Waals surface area contributed by atoms with Crippen LogP contribution in [0.4, 0.5) is 11.4 Å². The van der Waals surface area contributed by atoms with Gasteiger partial charge in [-0.3, -0.25) is 9.79 Å². The fourth-order valence-electron chi connectivity index (χ4n) is 3.98. The normalized spacial score (nSPS) is 11.7. The second-order valence-corrected chi connectivity index (χ2v) is 8.38. The van der Waals surface area contributed by atoms with Crippen molar-refractivity contribution in [1.82, 2.24) is 0 Å². The Kier molecular flexibility index (Phi) is 7.16. The molecule has 2 aromatic carbocycles. The highest BCUT2D eigenvalue weighted by atomic mass is 127. The summed E-state index contributed by atoms with van der Waals surface area (Å²) in [6, 6.07) is 16.5. The summed E-state index contributed by atoms with van der Waals surface area (Å²) < 4.78 is 6.54. The fourth-order valence-corrected chi connectivity index (χ4v) is 4.17. The second-order valence-electron chi connectivity index (χ2n) is 7.62. The number of benzene rings is 3. The largest absolute Gasteiger partial charge is 0.478 e. The molecule has 1 aliphatic heterocycles. The molecule has 1 aliphatic carbocycles. The predicted octanol–water partition coefficient (Wildman–Crippen LogP) is 5.63. The third kappa shape index (κ3) is 4.77. The van der Waals surface area contributed by atoms with Crippen LogP contribution in [0.15, 0.2) is 64.0 Å². The quantitative estimate of drug-likeness (QED) is 0.152. The summed E-state index contributed by atoms with van der Waals surface area (Å²) in [5, 5.41) is 17.7. The van der Waals surface area contributed by atoms with Crippen molar-refractivity contribution in [2.45, 2.75) is 13.8 Å². The van der Waals surface area contributed by atoms with Crippen LogP contribution in [-0.2, 0) is 4.79 Å². The molecule has 0 radical (unpaired) electrons. The summed E-state index contributed by atoms with van der Waals surface area (Å²) in [5.41, 5.74) is 4.16. The Hall–Kier alpha value is -3.40. The summed E-state index contributed by atoms with van der Waals surface area (Å²) in [6.45, 7) is 5.39. The first-order valence-corrected chi connectivity index (χ1v) is 12.5. The molecule has 8 heteroatoms. The van der Waals surface area contributed by atoms with Gasteiger partial charge in [0.1, 0.15) is 11.3 Å². The summed E-state index contributed by atoms with van der Waals surface area (Å²) in [4.78, 5) is 28.6.